The SMILES string of the molecule is CC1CCC(C(=O)Nc2ccc3c(c2)OCO3)CC1. The molecule has 0 radical (unpaired) electrons. The van der Waals surface area contributed by atoms with E-state index in [0.717, 1.165) is 43.0 Å². The van der Waals surface area contributed by atoms with Crippen LogP contribution in [-0.2, 0) is 4.79 Å². The molecule has 0 aromatic heterocycles. The van der Waals surface area contributed by atoms with Crippen molar-refractivity contribution >= 4 is 11.6 Å². The number of amides is 1. The molecule has 1 aromatic carbocycles. The van der Waals surface area contributed by atoms with Crippen molar-refractivity contribution in [2.24, 2.45) is 11.8 Å². The Balaban J connectivity index is 1.63. The van der Waals surface area contributed by atoms with Gasteiger partial charge in [-0.05, 0) is 43.7 Å². The Kier molecular flexibility index (Phi) is 3.32. The first-order valence-corrected chi connectivity index (χ1v) is 6.93. The van der Waals surface area contributed by atoms with Gasteiger partial charge in [0.1, 0.15) is 0 Å². The van der Waals surface area contributed by atoms with Crippen LogP contribution in [0.3, 0.4) is 0 Å². The van der Waals surface area contributed by atoms with E-state index in [1.807, 2.05) is 18.2 Å². The molecule has 0 saturated heterocycles. The summed E-state index contributed by atoms with van der Waals surface area (Å²) in [5, 5.41) is 2.98. The highest BCUT2D eigenvalue weighted by Gasteiger charge is 2.24. The molecule has 1 fully saturated rings. The second-order valence-corrected chi connectivity index (χ2v) is 5.51. The van der Waals surface area contributed by atoms with E-state index in [2.05, 4.69) is 12.2 Å². The molecule has 0 bridgehead atoms. The topological polar surface area (TPSA) is 47.6 Å². The average Bonchev–Trinajstić information content (AvgIpc) is 2.87. The molecular formula is C15H19NO3. The summed E-state index contributed by atoms with van der Waals surface area (Å²) in [5.74, 6) is 2.49. The Labute approximate surface area is 113 Å². The molecule has 3 rings (SSSR count). The van der Waals surface area contributed by atoms with Crippen molar-refractivity contribution < 1.29 is 14.3 Å². The van der Waals surface area contributed by atoms with Crippen molar-refractivity contribution in [2.75, 3.05) is 12.1 Å². The van der Waals surface area contributed by atoms with Gasteiger partial charge >= 0.3 is 0 Å². The number of ether oxygens (including phenoxy) is 2. The van der Waals surface area contributed by atoms with Gasteiger partial charge in [-0.1, -0.05) is 6.92 Å². The van der Waals surface area contributed by atoms with Gasteiger partial charge in [0.05, 0.1) is 0 Å². The Hall–Kier alpha value is -1.71. The molecule has 1 aromatic rings. The Bertz CT molecular complexity index is 478. The van der Waals surface area contributed by atoms with Crippen LogP contribution in [0.5, 0.6) is 11.5 Å². The molecule has 1 aliphatic carbocycles. The third kappa shape index (κ3) is 2.67. The van der Waals surface area contributed by atoms with Crippen molar-refractivity contribution in [3.05, 3.63) is 18.2 Å². The summed E-state index contributed by atoms with van der Waals surface area (Å²) >= 11 is 0. The summed E-state index contributed by atoms with van der Waals surface area (Å²) in [6.07, 6.45) is 4.30. The largest absolute Gasteiger partial charge is 0.454 e. The molecule has 4 nitrogen and oxygen atoms in total. The van der Waals surface area contributed by atoms with Gasteiger partial charge in [-0.15, -0.1) is 0 Å². The van der Waals surface area contributed by atoms with Gasteiger partial charge in [-0.25, -0.2) is 0 Å². The van der Waals surface area contributed by atoms with Gasteiger partial charge in [0, 0.05) is 17.7 Å². The highest BCUT2D eigenvalue weighted by Crippen LogP contribution is 2.35. The maximum Gasteiger partial charge on any atom is 0.231 e. The maximum absolute atomic E-state index is 12.2. The van der Waals surface area contributed by atoms with Crippen LogP contribution in [0.1, 0.15) is 32.6 Å². The lowest BCUT2D eigenvalue weighted by Gasteiger charge is -2.25. The minimum Gasteiger partial charge on any atom is -0.454 e. The molecule has 0 atom stereocenters. The fourth-order valence-electron chi connectivity index (χ4n) is 2.74. The second kappa shape index (κ2) is 5.11. The first-order valence-electron chi connectivity index (χ1n) is 6.93. The molecule has 1 heterocycles. The molecule has 1 amide bonds. The molecule has 1 N–H and O–H groups in total. The summed E-state index contributed by atoms with van der Waals surface area (Å²) < 4.78 is 10.6. The lowest BCUT2D eigenvalue weighted by atomic mass is 9.82. The lowest BCUT2D eigenvalue weighted by Crippen LogP contribution is -2.26. The van der Waals surface area contributed by atoms with Crippen LogP contribution in [0.15, 0.2) is 18.2 Å². The van der Waals surface area contributed by atoms with E-state index in [-0.39, 0.29) is 18.6 Å². The molecule has 1 saturated carbocycles. The molecule has 0 spiro atoms. The predicted octanol–water partition coefficient (Wildman–Crippen LogP) is 3.18. The number of anilines is 1. The summed E-state index contributed by atoms with van der Waals surface area (Å²) in [6.45, 7) is 2.51. The number of benzene rings is 1. The molecule has 0 unspecified atom stereocenters. The van der Waals surface area contributed by atoms with E-state index in [1.54, 1.807) is 0 Å². The van der Waals surface area contributed by atoms with E-state index in [0.29, 0.717) is 5.75 Å². The van der Waals surface area contributed by atoms with Crippen molar-refractivity contribution in [3.63, 3.8) is 0 Å². The Morgan fingerprint density at radius 3 is 2.68 bits per heavy atom. The Morgan fingerprint density at radius 2 is 1.89 bits per heavy atom. The van der Waals surface area contributed by atoms with E-state index < -0.39 is 0 Å². The van der Waals surface area contributed by atoms with Gasteiger partial charge in [-0.3, -0.25) is 4.79 Å². The number of carbonyl (C=O) groups excluding carboxylic acids is 1. The summed E-state index contributed by atoms with van der Waals surface area (Å²) in [6, 6.07) is 5.52. The first-order chi connectivity index (χ1) is 9.22. The van der Waals surface area contributed by atoms with Crippen molar-refractivity contribution in [2.45, 2.75) is 32.6 Å². The minimum atomic E-state index is 0.130. The van der Waals surface area contributed by atoms with Crippen molar-refractivity contribution in [3.8, 4) is 11.5 Å². The number of fused-ring (bicyclic) bond motifs is 1. The standard InChI is InChI=1S/C15H19NO3/c1-10-2-4-11(5-3-10)15(17)16-12-6-7-13-14(8-12)19-9-18-13/h6-8,10-11H,2-5,9H2,1H3,(H,16,17). The summed E-state index contributed by atoms with van der Waals surface area (Å²) in [7, 11) is 0. The third-order valence-corrected chi connectivity index (χ3v) is 4.03. The molecule has 102 valence electrons. The zero-order valence-electron chi connectivity index (χ0n) is 11.1. The normalized spacial score (nSPS) is 25.1. The maximum atomic E-state index is 12.2. The van der Waals surface area contributed by atoms with Crippen LogP contribution in [0.4, 0.5) is 5.69 Å². The number of rotatable bonds is 2. The molecule has 1 aliphatic heterocycles. The van der Waals surface area contributed by atoms with Crippen LogP contribution in [0.2, 0.25) is 0 Å². The van der Waals surface area contributed by atoms with Crippen molar-refractivity contribution in [1.29, 1.82) is 0 Å². The van der Waals surface area contributed by atoms with E-state index >= 15 is 0 Å². The molecule has 2 aliphatic rings. The van der Waals surface area contributed by atoms with Gasteiger partial charge in [0.2, 0.25) is 12.7 Å². The van der Waals surface area contributed by atoms with E-state index in [4.69, 9.17) is 9.47 Å². The van der Waals surface area contributed by atoms with E-state index in [1.165, 1.54) is 0 Å². The molecular weight excluding hydrogens is 242 g/mol. The number of hydrogen-bond donors (Lipinski definition) is 1. The second-order valence-electron chi connectivity index (χ2n) is 5.51. The van der Waals surface area contributed by atoms with Crippen LogP contribution in [0, 0.1) is 11.8 Å². The summed E-state index contributed by atoms with van der Waals surface area (Å²) in [4.78, 5) is 12.2. The monoisotopic (exact) mass is 261 g/mol. The van der Waals surface area contributed by atoms with Gasteiger partial charge < -0.3 is 14.8 Å². The number of hydrogen-bond acceptors (Lipinski definition) is 3. The Morgan fingerprint density at radius 1 is 1.16 bits per heavy atom. The lowest BCUT2D eigenvalue weighted by molar-refractivity contribution is -0.121. The van der Waals surface area contributed by atoms with Gasteiger partial charge in [0.15, 0.2) is 11.5 Å². The first kappa shape index (κ1) is 12.3. The number of carbonyl (C=O) groups is 1. The third-order valence-electron chi connectivity index (χ3n) is 4.03. The summed E-state index contributed by atoms with van der Waals surface area (Å²) in [5.41, 5.74) is 0.785. The highest BCUT2D eigenvalue weighted by atomic mass is 16.7. The smallest absolute Gasteiger partial charge is 0.231 e. The quantitative estimate of drug-likeness (QED) is 0.889. The predicted molar refractivity (Wildman–Crippen MR) is 72.3 cm³/mol. The fraction of sp³-hybridized carbons (Fsp3) is 0.533. The van der Waals surface area contributed by atoms with Crippen LogP contribution in [-0.4, -0.2) is 12.7 Å². The van der Waals surface area contributed by atoms with Crippen LogP contribution < -0.4 is 14.8 Å². The molecule has 4 heteroatoms. The number of nitrogens with one attached hydrogen (secondary N) is 1. The van der Waals surface area contributed by atoms with Gasteiger partial charge in [-0.2, -0.15) is 0 Å². The van der Waals surface area contributed by atoms with Crippen LogP contribution in [0.25, 0.3) is 0 Å². The van der Waals surface area contributed by atoms with E-state index in [9.17, 15) is 4.79 Å². The van der Waals surface area contributed by atoms with Crippen molar-refractivity contribution in [1.82, 2.24) is 0 Å². The zero-order valence-corrected chi connectivity index (χ0v) is 11.1. The minimum absolute atomic E-state index is 0.130. The fourth-order valence-corrected chi connectivity index (χ4v) is 2.74. The van der Waals surface area contributed by atoms with Gasteiger partial charge in [0.25, 0.3) is 0 Å². The van der Waals surface area contributed by atoms with Crippen LogP contribution >= 0.6 is 0 Å². The molecule has 19 heavy (non-hydrogen) atoms. The average molecular weight is 261 g/mol. The highest BCUT2D eigenvalue weighted by molar-refractivity contribution is 5.92. The zero-order chi connectivity index (χ0) is 13.2.